The van der Waals surface area contributed by atoms with Crippen LogP contribution in [0.5, 0.6) is 11.5 Å². The molecule has 0 atom stereocenters. The molecule has 1 aliphatic carbocycles. The van der Waals surface area contributed by atoms with Gasteiger partial charge in [0.2, 0.25) is 0 Å². The van der Waals surface area contributed by atoms with Crippen LogP contribution in [0.4, 0.5) is 9.93 Å². The zero-order valence-corrected chi connectivity index (χ0v) is 20.4. The molecule has 1 aromatic heterocycles. The van der Waals surface area contributed by atoms with E-state index >= 15 is 0 Å². The normalized spacial score (nSPS) is 20.3. The minimum Gasteiger partial charge on any atom is -0.493 e. The first-order valence-corrected chi connectivity index (χ1v) is 12.1. The van der Waals surface area contributed by atoms with Crippen LogP contribution >= 0.6 is 11.3 Å². The second-order valence-electron chi connectivity index (χ2n) is 9.46. The molecule has 0 radical (unpaired) electrons. The fourth-order valence-corrected chi connectivity index (χ4v) is 5.08. The highest BCUT2D eigenvalue weighted by Crippen LogP contribution is 2.43. The van der Waals surface area contributed by atoms with Gasteiger partial charge in [0.1, 0.15) is 6.10 Å². The number of rotatable bonds is 4. The van der Waals surface area contributed by atoms with Crippen molar-refractivity contribution < 1.29 is 19.0 Å². The lowest BCUT2D eigenvalue weighted by molar-refractivity contribution is 0.0318. The van der Waals surface area contributed by atoms with E-state index in [4.69, 9.17) is 19.2 Å². The van der Waals surface area contributed by atoms with Crippen molar-refractivity contribution in [3.8, 4) is 22.8 Å². The number of anilines is 1. The van der Waals surface area contributed by atoms with E-state index in [1.165, 1.54) is 4.88 Å². The van der Waals surface area contributed by atoms with Crippen LogP contribution in [0.25, 0.3) is 11.3 Å². The number of amides is 1. The number of hydrogen-bond acceptors (Lipinski definition) is 7. The van der Waals surface area contributed by atoms with E-state index < -0.39 is 0 Å². The average molecular weight is 460 g/mol. The molecular formula is C24H33N3O4S. The van der Waals surface area contributed by atoms with E-state index in [1.807, 2.05) is 39.0 Å². The first-order chi connectivity index (χ1) is 15.3. The van der Waals surface area contributed by atoms with Gasteiger partial charge < -0.3 is 24.4 Å². The van der Waals surface area contributed by atoms with Crippen molar-refractivity contribution in [2.24, 2.45) is 0 Å². The maximum absolute atomic E-state index is 12.4. The molecule has 0 bridgehead atoms. The van der Waals surface area contributed by atoms with Gasteiger partial charge in [0.25, 0.3) is 0 Å². The van der Waals surface area contributed by atoms with Gasteiger partial charge in [-0.1, -0.05) is 6.07 Å². The summed E-state index contributed by atoms with van der Waals surface area (Å²) in [6.45, 7) is 6.63. The van der Waals surface area contributed by atoms with Crippen LogP contribution in [0.2, 0.25) is 0 Å². The number of thiazole rings is 1. The second kappa shape index (κ2) is 9.17. The Morgan fingerprint density at radius 1 is 1.25 bits per heavy atom. The van der Waals surface area contributed by atoms with Gasteiger partial charge in [-0.25, -0.2) is 9.78 Å². The Morgan fingerprint density at radius 2 is 2.00 bits per heavy atom. The van der Waals surface area contributed by atoms with Crippen LogP contribution in [0, 0.1) is 0 Å². The Hall–Kier alpha value is -2.48. The minimum absolute atomic E-state index is 0.0187. The Labute approximate surface area is 194 Å². The standard InChI is InChI=1S/C24H33N3O4S/c1-24(2,3)27(4)23(28)31-16-11-9-15(10-12-16)25-22-26-20-17-7-6-8-18(29-5)21(17)30-14-13-19(20)32-22/h6-8,15-16H,9-14H2,1-5H3,(H,25,26). The first-order valence-electron chi connectivity index (χ1n) is 11.3. The molecule has 2 aliphatic rings. The van der Waals surface area contributed by atoms with Gasteiger partial charge in [-0.05, 0) is 58.6 Å². The van der Waals surface area contributed by atoms with Crippen molar-refractivity contribution in [1.29, 1.82) is 0 Å². The van der Waals surface area contributed by atoms with Gasteiger partial charge in [0.15, 0.2) is 16.6 Å². The summed E-state index contributed by atoms with van der Waals surface area (Å²) in [6, 6.07) is 6.27. The fraction of sp³-hybridized carbons (Fsp3) is 0.583. The molecular weight excluding hydrogens is 426 g/mol. The number of nitrogens with zero attached hydrogens (tertiary/aromatic N) is 2. The van der Waals surface area contributed by atoms with Crippen LogP contribution in [0.3, 0.4) is 0 Å². The highest BCUT2D eigenvalue weighted by molar-refractivity contribution is 7.16. The van der Waals surface area contributed by atoms with Crippen molar-refractivity contribution in [3.05, 3.63) is 23.1 Å². The molecule has 1 saturated carbocycles. The third-order valence-electron chi connectivity index (χ3n) is 6.28. The number of para-hydroxylation sites is 1. The average Bonchev–Trinajstić information content (AvgIpc) is 3.07. The molecule has 7 nitrogen and oxygen atoms in total. The second-order valence-corrected chi connectivity index (χ2v) is 10.5. The molecule has 174 valence electrons. The Bertz CT molecular complexity index is 961. The van der Waals surface area contributed by atoms with Crippen LogP contribution in [-0.4, -0.2) is 54.4 Å². The number of methoxy groups -OCH3 is 1. The largest absolute Gasteiger partial charge is 0.493 e. The van der Waals surface area contributed by atoms with Crippen molar-refractivity contribution >= 4 is 22.6 Å². The predicted octanol–water partition coefficient (Wildman–Crippen LogP) is 5.34. The lowest BCUT2D eigenvalue weighted by atomic mass is 9.93. The number of carbonyl (C=O) groups is 1. The van der Waals surface area contributed by atoms with E-state index in [2.05, 4.69) is 5.32 Å². The van der Waals surface area contributed by atoms with Gasteiger partial charge in [-0.3, -0.25) is 0 Å². The summed E-state index contributed by atoms with van der Waals surface area (Å²) in [4.78, 5) is 20.2. The quantitative estimate of drug-likeness (QED) is 0.665. The van der Waals surface area contributed by atoms with E-state index in [0.717, 1.165) is 60.0 Å². The summed E-state index contributed by atoms with van der Waals surface area (Å²) >= 11 is 1.70. The zero-order chi connectivity index (χ0) is 22.9. The highest BCUT2D eigenvalue weighted by Gasteiger charge is 2.30. The molecule has 0 spiro atoms. The van der Waals surface area contributed by atoms with Gasteiger partial charge in [0.05, 0.1) is 19.4 Å². The molecule has 2 aromatic rings. The molecule has 1 fully saturated rings. The van der Waals surface area contributed by atoms with Crippen molar-refractivity contribution in [2.75, 3.05) is 26.1 Å². The topological polar surface area (TPSA) is 72.9 Å². The summed E-state index contributed by atoms with van der Waals surface area (Å²) < 4.78 is 17.2. The number of hydrogen-bond donors (Lipinski definition) is 1. The summed E-state index contributed by atoms with van der Waals surface area (Å²) in [5.41, 5.74) is 1.73. The Morgan fingerprint density at radius 3 is 2.69 bits per heavy atom. The fourth-order valence-electron chi connectivity index (χ4n) is 4.05. The van der Waals surface area contributed by atoms with E-state index in [-0.39, 0.29) is 17.7 Å². The number of benzene rings is 1. The molecule has 2 heterocycles. The number of carbonyl (C=O) groups excluding carboxylic acids is 1. The van der Waals surface area contributed by atoms with Gasteiger partial charge in [0, 0.05) is 35.5 Å². The molecule has 0 saturated heterocycles. The van der Waals surface area contributed by atoms with Crippen LogP contribution < -0.4 is 14.8 Å². The molecule has 1 N–H and O–H groups in total. The first kappa shape index (κ1) is 22.7. The molecule has 1 aromatic carbocycles. The zero-order valence-electron chi connectivity index (χ0n) is 19.6. The van der Waals surface area contributed by atoms with Crippen LogP contribution in [0.1, 0.15) is 51.3 Å². The lowest BCUT2D eigenvalue weighted by Gasteiger charge is -2.34. The molecule has 0 unspecified atom stereocenters. The summed E-state index contributed by atoms with van der Waals surface area (Å²) in [5, 5.41) is 4.57. The molecule has 32 heavy (non-hydrogen) atoms. The van der Waals surface area contributed by atoms with E-state index in [9.17, 15) is 4.79 Å². The van der Waals surface area contributed by atoms with Crippen molar-refractivity contribution in [1.82, 2.24) is 9.88 Å². The number of aromatic nitrogens is 1. The molecule has 8 heteroatoms. The summed E-state index contributed by atoms with van der Waals surface area (Å²) in [5.74, 6) is 1.51. The Balaban J connectivity index is 1.38. The van der Waals surface area contributed by atoms with E-state index in [1.54, 1.807) is 30.4 Å². The smallest absolute Gasteiger partial charge is 0.410 e. The highest BCUT2D eigenvalue weighted by atomic mass is 32.1. The predicted molar refractivity (Wildman–Crippen MR) is 127 cm³/mol. The summed E-state index contributed by atoms with van der Waals surface area (Å²) in [6.07, 6.45) is 4.20. The van der Waals surface area contributed by atoms with Crippen LogP contribution in [0.15, 0.2) is 18.2 Å². The van der Waals surface area contributed by atoms with E-state index in [0.29, 0.717) is 12.6 Å². The van der Waals surface area contributed by atoms with Gasteiger partial charge in [-0.15, -0.1) is 11.3 Å². The monoisotopic (exact) mass is 459 g/mol. The molecule has 4 rings (SSSR count). The van der Waals surface area contributed by atoms with Gasteiger partial charge >= 0.3 is 6.09 Å². The van der Waals surface area contributed by atoms with Crippen LogP contribution in [-0.2, 0) is 11.2 Å². The molecule has 1 amide bonds. The maximum atomic E-state index is 12.4. The van der Waals surface area contributed by atoms with Crippen molar-refractivity contribution in [2.45, 2.75) is 70.6 Å². The molecule has 1 aliphatic heterocycles. The number of fused-ring (bicyclic) bond motifs is 3. The lowest BCUT2D eigenvalue weighted by Crippen LogP contribution is -2.44. The summed E-state index contributed by atoms with van der Waals surface area (Å²) in [7, 11) is 3.45. The Kier molecular flexibility index (Phi) is 6.51. The van der Waals surface area contributed by atoms with Crippen molar-refractivity contribution in [3.63, 3.8) is 0 Å². The number of nitrogens with one attached hydrogen (secondary N) is 1. The van der Waals surface area contributed by atoms with Gasteiger partial charge in [-0.2, -0.15) is 0 Å². The minimum atomic E-state index is -0.244. The third kappa shape index (κ3) is 4.80. The number of ether oxygens (including phenoxy) is 3. The SMILES string of the molecule is COc1cccc2c1OCCc1sc(NC3CCC(OC(=O)N(C)C(C)(C)C)CC3)nc1-2. The third-order valence-corrected chi connectivity index (χ3v) is 7.32. The maximum Gasteiger partial charge on any atom is 0.410 e.